The van der Waals surface area contributed by atoms with Gasteiger partial charge in [-0.2, -0.15) is 0 Å². The monoisotopic (exact) mass is 200 g/mol. The highest BCUT2D eigenvalue weighted by Crippen LogP contribution is 2.19. The first-order chi connectivity index (χ1) is 6.27. The van der Waals surface area contributed by atoms with Gasteiger partial charge in [-0.25, -0.2) is 0 Å². The van der Waals surface area contributed by atoms with Crippen LogP contribution in [0, 0.1) is 0 Å². The first kappa shape index (κ1) is 10.4. The van der Waals surface area contributed by atoms with Crippen LogP contribution in [0.1, 0.15) is 18.6 Å². The smallest absolute Gasteiger partial charge is 0.119 e. The maximum absolute atomic E-state index is 9.43. The minimum atomic E-state index is -0.609. The molecule has 0 aliphatic carbocycles. The van der Waals surface area contributed by atoms with Gasteiger partial charge in [0.2, 0.25) is 0 Å². The predicted molar refractivity (Wildman–Crippen MR) is 53.3 cm³/mol. The van der Waals surface area contributed by atoms with Gasteiger partial charge < -0.3 is 9.84 Å². The van der Waals surface area contributed by atoms with Gasteiger partial charge in [0.25, 0.3) is 0 Å². The Hall–Kier alpha value is -0.730. The Balaban J connectivity index is 2.78. The van der Waals surface area contributed by atoms with E-state index in [1.807, 2.05) is 25.1 Å². The molecule has 0 bridgehead atoms. The van der Waals surface area contributed by atoms with Crippen LogP contribution >= 0.6 is 11.6 Å². The Morgan fingerprint density at radius 3 is 2.92 bits per heavy atom. The fourth-order valence-electron chi connectivity index (χ4n) is 1.07. The van der Waals surface area contributed by atoms with E-state index in [-0.39, 0.29) is 5.88 Å². The Morgan fingerprint density at radius 2 is 2.31 bits per heavy atom. The van der Waals surface area contributed by atoms with Crippen LogP contribution in [0.5, 0.6) is 5.75 Å². The van der Waals surface area contributed by atoms with E-state index in [4.69, 9.17) is 16.3 Å². The molecular weight excluding hydrogens is 188 g/mol. The number of rotatable bonds is 4. The van der Waals surface area contributed by atoms with Crippen LogP contribution in [0.3, 0.4) is 0 Å². The van der Waals surface area contributed by atoms with Gasteiger partial charge in [-0.3, -0.25) is 0 Å². The third kappa shape index (κ3) is 2.90. The Bertz CT molecular complexity index is 263. The lowest BCUT2D eigenvalue weighted by atomic mass is 10.1. The summed E-state index contributed by atoms with van der Waals surface area (Å²) >= 11 is 5.53. The van der Waals surface area contributed by atoms with Crippen LogP contribution in [0.25, 0.3) is 0 Å². The number of hydrogen-bond donors (Lipinski definition) is 1. The minimum Gasteiger partial charge on any atom is -0.494 e. The van der Waals surface area contributed by atoms with Crippen molar-refractivity contribution in [2.75, 3.05) is 12.5 Å². The van der Waals surface area contributed by atoms with Gasteiger partial charge in [0.05, 0.1) is 18.6 Å². The summed E-state index contributed by atoms with van der Waals surface area (Å²) in [6, 6.07) is 7.33. The van der Waals surface area contributed by atoms with E-state index in [0.29, 0.717) is 6.61 Å². The molecule has 3 heteroatoms. The molecule has 0 fully saturated rings. The normalized spacial score (nSPS) is 12.5. The Morgan fingerprint density at radius 1 is 1.54 bits per heavy atom. The molecule has 0 aliphatic heterocycles. The van der Waals surface area contributed by atoms with E-state index < -0.39 is 6.10 Å². The molecule has 1 unspecified atom stereocenters. The lowest BCUT2D eigenvalue weighted by Crippen LogP contribution is -1.99. The first-order valence-corrected chi connectivity index (χ1v) is 4.78. The van der Waals surface area contributed by atoms with Crippen molar-refractivity contribution in [3.63, 3.8) is 0 Å². The van der Waals surface area contributed by atoms with Gasteiger partial charge in [-0.05, 0) is 24.6 Å². The van der Waals surface area contributed by atoms with E-state index >= 15 is 0 Å². The summed E-state index contributed by atoms with van der Waals surface area (Å²) in [5.74, 6) is 0.972. The number of aliphatic hydroxyl groups excluding tert-OH is 1. The molecule has 1 N–H and O–H groups in total. The zero-order valence-corrected chi connectivity index (χ0v) is 8.29. The van der Waals surface area contributed by atoms with Gasteiger partial charge >= 0.3 is 0 Å². The molecule has 0 aliphatic rings. The zero-order valence-electron chi connectivity index (χ0n) is 7.53. The zero-order chi connectivity index (χ0) is 9.68. The highest BCUT2D eigenvalue weighted by Gasteiger charge is 2.05. The summed E-state index contributed by atoms with van der Waals surface area (Å²) in [7, 11) is 0. The van der Waals surface area contributed by atoms with Crippen LogP contribution in [0.2, 0.25) is 0 Å². The van der Waals surface area contributed by atoms with Gasteiger partial charge in [0, 0.05) is 0 Å². The van der Waals surface area contributed by atoms with Crippen molar-refractivity contribution < 1.29 is 9.84 Å². The molecule has 13 heavy (non-hydrogen) atoms. The molecule has 0 aromatic heterocycles. The van der Waals surface area contributed by atoms with Gasteiger partial charge in [0.15, 0.2) is 0 Å². The molecule has 0 spiro atoms. The highest BCUT2D eigenvalue weighted by molar-refractivity contribution is 6.18. The van der Waals surface area contributed by atoms with E-state index in [1.54, 1.807) is 6.07 Å². The second-order valence-electron chi connectivity index (χ2n) is 2.68. The van der Waals surface area contributed by atoms with E-state index in [2.05, 4.69) is 0 Å². The molecule has 0 saturated heterocycles. The molecule has 1 aromatic rings. The average molecular weight is 201 g/mol. The topological polar surface area (TPSA) is 29.5 Å². The predicted octanol–water partition coefficient (Wildman–Crippen LogP) is 2.36. The molecular formula is C10H13ClO2. The fourth-order valence-corrected chi connectivity index (χ4v) is 1.25. The van der Waals surface area contributed by atoms with Crippen molar-refractivity contribution in [2.45, 2.75) is 13.0 Å². The summed E-state index contributed by atoms with van der Waals surface area (Å²) in [5, 5.41) is 9.43. The summed E-state index contributed by atoms with van der Waals surface area (Å²) in [6.07, 6.45) is -0.609. The number of ether oxygens (including phenoxy) is 1. The van der Waals surface area contributed by atoms with Gasteiger partial charge in [-0.1, -0.05) is 12.1 Å². The van der Waals surface area contributed by atoms with Crippen molar-refractivity contribution in [2.24, 2.45) is 0 Å². The molecule has 0 heterocycles. The molecule has 0 amide bonds. The van der Waals surface area contributed by atoms with Crippen LogP contribution in [-0.4, -0.2) is 17.6 Å². The largest absolute Gasteiger partial charge is 0.494 e. The third-order valence-electron chi connectivity index (χ3n) is 1.70. The van der Waals surface area contributed by atoms with Crippen molar-refractivity contribution in [1.29, 1.82) is 0 Å². The molecule has 1 aromatic carbocycles. The minimum absolute atomic E-state index is 0.204. The summed E-state index contributed by atoms with van der Waals surface area (Å²) < 4.78 is 5.29. The molecule has 2 nitrogen and oxygen atoms in total. The van der Waals surface area contributed by atoms with Crippen molar-refractivity contribution in [3.8, 4) is 5.75 Å². The maximum Gasteiger partial charge on any atom is 0.119 e. The fraction of sp³-hybridized carbons (Fsp3) is 0.400. The maximum atomic E-state index is 9.43. The van der Waals surface area contributed by atoms with E-state index in [1.165, 1.54) is 0 Å². The average Bonchev–Trinajstić information content (AvgIpc) is 2.18. The molecule has 72 valence electrons. The Kier molecular flexibility index (Phi) is 4.06. The van der Waals surface area contributed by atoms with E-state index in [9.17, 15) is 5.11 Å². The lowest BCUT2D eigenvalue weighted by Gasteiger charge is -2.09. The standard InChI is InChI=1S/C10H13ClO2/c1-2-13-9-5-3-4-8(6-9)10(12)7-11/h3-6,10,12H,2,7H2,1H3. The number of benzene rings is 1. The Labute approximate surface area is 83.1 Å². The molecule has 0 radical (unpaired) electrons. The van der Waals surface area contributed by atoms with Crippen LogP contribution in [0.15, 0.2) is 24.3 Å². The van der Waals surface area contributed by atoms with Gasteiger partial charge in [0.1, 0.15) is 5.75 Å². The first-order valence-electron chi connectivity index (χ1n) is 4.24. The number of aliphatic hydroxyl groups is 1. The van der Waals surface area contributed by atoms with Crippen LogP contribution < -0.4 is 4.74 Å². The van der Waals surface area contributed by atoms with Crippen molar-refractivity contribution >= 4 is 11.6 Å². The lowest BCUT2D eigenvalue weighted by molar-refractivity contribution is 0.202. The number of hydrogen-bond acceptors (Lipinski definition) is 2. The second-order valence-corrected chi connectivity index (χ2v) is 2.98. The third-order valence-corrected chi connectivity index (χ3v) is 1.99. The summed E-state index contributed by atoms with van der Waals surface area (Å²) in [4.78, 5) is 0. The summed E-state index contributed by atoms with van der Waals surface area (Å²) in [6.45, 7) is 2.55. The van der Waals surface area contributed by atoms with E-state index in [0.717, 1.165) is 11.3 Å². The molecule has 0 saturated carbocycles. The number of alkyl halides is 1. The van der Waals surface area contributed by atoms with Crippen molar-refractivity contribution in [1.82, 2.24) is 0 Å². The van der Waals surface area contributed by atoms with Crippen LogP contribution in [-0.2, 0) is 0 Å². The highest BCUT2D eigenvalue weighted by atomic mass is 35.5. The van der Waals surface area contributed by atoms with Gasteiger partial charge in [-0.15, -0.1) is 11.6 Å². The quantitative estimate of drug-likeness (QED) is 0.757. The SMILES string of the molecule is CCOc1cccc(C(O)CCl)c1. The van der Waals surface area contributed by atoms with Crippen molar-refractivity contribution in [3.05, 3.63) is 29.8 Å². The summed E-state index contributed by atoms with van der Waals surface area (Å²) in [5.41, 5.74) is 0.793. The van der Waals surface area contributed by atoms with Crippen LogP contribution in [0.4, 0.5) is 0 Å². The second kappa shape index (κ2) is 5.10. The number of halogens is 1. The molecule has 1 atom stereocenters. The molecule has 1 rings (SSSR count).